The Kier molecular flexibility index (Phi) is 5.11. The van der Waals surface area contributed by atoms with Crippen molar-refractivity contribution in [3.8, 4) is 0 Å². The van der Waals surface area contributed by atoms with Crippen molar-refractivity contribution in [3.63, 3.8) is 0 Å². The number of carbonyl (C=O) groups excluding carboxylic acids is 1. The van der Waals surface area contributed by atoms with Gasteiger partial charge in [0.05, 0.1) is 0 Å². The molecule has 2 fully saturated rings. The van der Waals surface area contributed by atoms with Gasteiger partial charge in [0, 0.05) is 51.9 Å². The van der Waals surface area contributed by atoms with Crippen LogP contribution in [0.25, 0.3) is 0 Å². The Morgan fingerprint density at radius 2 is 1.79 bits per heavy atom. The van der Waals surface area contributed by atoms with Gasteiger partial charge >= 0.3 is 6.09 Å². The lowest BCUT2D eigenvalue weighted by Crippen LogP contribution is -2.62. The van der Waals surface area contributed by atoms with Crippen molar-refractivity contribution in [2.45, 2.75) is 39.0 Å². The zero-order valence-electron chi connectivity index (χ0n) is 15.1. The van der Waals surface area contributed by atoms with Crippen LogP contribution in [0.4, 0.5) is 4.79 Å². The van der Waals surface area contributed by atoms with Crippen LogP contribution in [0.2, 0.25) is 0 Å². The molecule has 132 valence electrons. The molecular formula is C19H29N3O2. The maximum atomic E-state index is 12.3. The first-order valence-electron chi connectivity index (χ1n) is 8.89. The molecule has 0 saturated carbocycles. The quantitative estimate of drug-likeness (QED) is 0.834. The van der Waals surface area contributed by atoms with Crippen LogP contribution in [-0.2, 0) is 11.3 Å². The summed E-state index contributed by atoms with van der Waals surface area (Å²) in [5, 5.41) is 0. The van der Waals surface area contributed by atoms with Crippen molar-refractivity contribution in [1.82, 2.24) is 14.7 Å². The first kappa shape index (κ1) is 17.2. The molecule has 1 unspecified atom stereocenters. The van der Waals surface area contributed by atoms with Crippen LogP contribution in [0.15, 0.2) is 30.3 Å². The van der Waals surface area contributed by atoms with E-state index in [2.05, 4.69) is 40.1 Å². The molecule has 0 bridgehead atoms. The monoisotopic (exact) mass is 331 g/mol. The van der Waals surface area contributed by atoms with Crippen LogP contribution in [0.3, 0.4) is 0 Å². The van der Waals surface area contributed by atoms with E-state index in [4.69, 9.17) is 4.74 Å². The van der Waals surface area contributed by atoms with Gasteiger partial charge in [-0.25, -0.2) is 4.79 Å². The Hall–Kier alpha value is -1.59. The summed E-state index contributed by atoms with van der Waals surface area (Å²) in [6.07, 6.45) is -0.178. The number of nitrogens with zero attached hydrogens (tertiary/aromatic N) is 3. The fraction of sp³-hybridized carbons (Fsp3) is 0.632. The summed E-state index contributed by atoms with van der Waals surface area (Å²) in [7, 11) is 0. The van der Waals surface area contributed by atoms with Gasteiger partial charge < -0.3 is 9.64 Å². The zero-order valence-corrected chi connectivity index (χ0v) is 15.1. The summed E-state index contributed by atoms with van der Waals surface area (Å²) in [6.45, 7) is 12.4. The number of piperazine rings is 2. The highest BCUT2D eigenvalue weighted by Crippen LogP contribution is 2.19. The van der Waals surface area contributed by atoms with E-state index in [9.17, 15) is 4.79 Å². The second-order valence-electron chi connectivity index (χ2n) is 7.84. The predicted molar refractivity (Wildman–Crippen MR) is 94.9 cm³/mol. The lowest BCUT2D eigenvalue weighted by atomic mass is 10.1. The van der Waals surface area contributed by atoms with Crippen molar-refractivity contribution in [2.24, 2.45) is 0 Å². The summed E-state index contributed by atoms with van der Waals surface area (Å²) < 4.78 is 5.53. The predicted octanol–water partition coefficient (Wildman–Crippen LogP) is 2.42. The van der Waals surface area contributed by atoms with E-state index in [0.29, 0.717) is 6.04 Å². The van der Waals surface area contributed by atoms with E-state index in [1.807, 2.05) is 25.7 Å². The Balaban J connectivity index is 1.56. The summed E-state index contributed by atoms with van der Waals surface area (Å²) in [5.41, 5.74) is 0.922. The van der Waals surface area contributed by atoms with Gasteiger partial charge in [-0.05, 0) is 26.3 Å². The molecule has 1 aromatic carbocycles. The van der Waals surface area contributed by atoms with E-state index in [0.717, 1.165) is 45.8 Å². The van der Waals surface area contributed by atoms with Crippen LogP contribution in [0.1, 0.15) is 26.3 Å². The van der Waals surface area contributed by atoms with E-state index in [-0.39, 0.29) is 6.09 Å². The van der Waals surface area contributed by atoms with E-state index >= 15 is 0 Å². The normalized spacial score (nSPS) is 23.0. The minimum absolute atomic E-state index is 0.178. The molecular weight excluding hydrogens is 302 g/mol. The van der Waals surface area contributed by atoms with Crippen molar-refractivity contribution in [3.05, 3.63) is 35.9 Å². The summed E-state index contributed by atoms with van der Waals surface area (Å²) in [5.74, 6) is 0. The molecule has 1 amide bonds. The van der Waals surface area contributed by atoms with Gasteiger partial charge in [0.25, 0.3) is 0 Å². The SMILES string of the molecule is CC(C)(C)OC(=O)N1CCN2CCN(Cc3ccccc3)CC2C1. The van der Waals surface area contributed by atoms with E-state index in [1.165, 1.54) is 5.56 Å². The number of carbonyl (C=O) groups is 1. The lowest BCUT2D eigenvalue weighted by Gasteiger charge is -2.47. The summed E-state index contributed by atoms with van der Waals surface area (Å²) >= 11 is 0. The lowest BCUT2D eigenvalue weighted by molar-refractivity contribution is -0.0160. The van der Waals surface area contributed by atoms with Crippen LogP contribution in [-0.4, -0.2) is 71.7 Å². The number of fused-ring (bicyclic) bond motifs is 1. The summed E-state index contributed by atoms with van der Waals surface area (Å²) in [4.78, 5) is 19.2. The fourth-order valence-corrected chi connectivity index (χ4v) is 3.50. The van der Waals surface area contributed by atoms with Gasteiger partial charge in [0.15, 0.2) is 0 Å². The molecule has 0 spiro atoms. The second-order valence-corrected chi connectivity index (χ2v) is 7.84. The molecule has 5 heteroatoms. The molecule has 0 radical (unpaired) electrons. The highest BCUT2D eigenvalue weighted by atomic mass is 16.6. The summed E-state index contributed by atoms with van der Waals surface area (Å²) in [6, 6.07) is 11.0. The third-order valence-electron chi connectivity index (χ3n) is 4.68. The smallest absolute Gasteiger partial charge is 0.410 e. The van der Waals surface area contributed by atoms with Gasteiger partial charge in [0.1, 0.15) is 5.60 Å². The van der Waals surface area contributed by atoms with Crippen LogP contribution >= 0.6 is 0 Å². The number of hydrogen-bond donors (Lipinski definition) is 0. The highest BCUT2D eigenvalue weighted by molar-refractivity contribution is 5.68. The Morgan fingerprint density at radius 3 is 2.50 bits per heavy atom. The van der Waals surface area contributed by atoms with Crippen LogP contribution < -0.4 is 0 Å². The minimum atomic E-state index is -0.430. The van der Waals surface area contributed by atoms with Crippen molar-refractivity contribution in [2.75, 3.05) is 39.3 Å². The molecule has 24 heavy (non-hydrogen) atoms. The average Bonchev–Trinajstić information content (AvgIpc) is 2.53. The highest BCUT2D eigenvalue weighted by Gasteiger charge is 2.35. The largest absolute Gasteiger partial charge is 0.444 e. The maximum Gasteiger partial charge on any atom is 0.410 e. The maximum absolute atomic E-state index is 12.3. The first-order chi connectivity index (χ1) is 11.4. The van der Waals surface area contributed by atoms with Crippen LogP contribution in [0.5, 0.6) is 0 Å². The second kappa shape index (κ2) is 7.11. The zero-order chi connectivity index (χ0) is 17.2. The Morgan fingerprint density at radius 1 is 1.08 bits per heavy atom. The molecule has 3 rings (SSSR count). The molecule has 0 N–H and O–H groups in total. The van der Waals surface area contributed by atoms with Crippen molar-refractivity contribution >= 4 is 6.09 Å². The number of amides is 1. The molecule has 0 aromatic heterocycles. The first-order valence-corrected chi connectivity index (χ1v) is 8.89. The molecule has 2 aliphatic heterocycles. The van der Waals surface area contributed by atoms with Crippen molar-refractivity contribution < 1.29 is 9.53 Å². The number of rotatable bonds is 2. The average molecular weight is 331 g/mol. The van der Waals surface area contributed by atoms with E-state index in [1.54, 1.807) is 0 Å². The van der Waals surface area contributed by atoms with Gasteiger partial charge in [-0.2, -0.15) is 0 Å². The van der Waals surface area contributed by atoms with Crippen molar-refractivity contribution in [1.29, 1.82) is 0 Å². The van der Waals surface area contributed by atoms with E-state index < -0.39 is 5.60 Å². The molecule has 1 atom stereocenters. The molecule has 1 aromatic rings. The third kappa shape index (κ3) is 4.48. The molecule has 2 saturated heterocycles. The fourth-order valence-electron chi connectivity index (χ4n) is 3.50. The van der Waals surface area contributed by atoms with Gasteiger partial charge in [-0.3, -0.25) is 9.80 Å². The molecule has 0 aliphatic carbocycles. The van der Waals surface area contributed by atoms with Gasteiger partial charge in [-0.15, -0.1) is 0 Å². The molecule has 5 nitrogen and oxygen atoms in total. The molecule has 2 aliphatic rings. The van der Waals surface area contributed by atoms with Gasteiger partial charge in [0.2, 0.25) is 0 Å². The number of ether oxygens (including phenoxy) is 1. The number of benzene rings is 1. The minimum Gasteiger partial charge on any atom is -0.444 e. The standard InChI is InChI=1S/C19H29N3O2/c1-19(2,3)24-18(23)22-12-11-21-10-9-20(14-17(21)15-22)13-16-7-5-4-6-8-16/h4-8,17H,9-15H2,1-3H3. The Labute approximate surface area is 145 Å². The number of hydrogen-bond acceptors (Lipinski definition) is 4. The molecule has 2 heterocycles. The Bertz CT molecular complexity index is 555. The van der Waals surface area contributed by atoms with Gasteiger partial charge in [-0.1, -0.05) is 30.3 Å². The topological polar surface area (TPSA) is 36.0 Å². The third-order valence-corrected chi connectivity index (χ3v) is 4.68. The van der Waals surface area contributed by atoms with Crippen LogP contribution in [0, 0.1) is 0 Å².